The molecule has 2 unspecified atom stereocenters. The van der Waals surface area contributed by atoms with E-state index in [9.17, 15) is 4.79 Å². The highest BCUT2D eigenvalue weighted by Gasteiger charge is 2.31. The Bertz CT molecular complexity index is 644. The number of amides is 1. The highest BCUT2D eigenvalue weighted by atomic mass is 35.5. The fourth-order valence-corrected chi connectivity index (χ4v) is 2.46. The molecule has 0 bridgehead atoms. The summed E-state index contributed by atoms with van der Waals surface area (Å²) >= 11 is 6.02. The zero-order chi connectivity index (χ0) is 14.8. The summed E-state index contributed by atoms with van der Waals surface area (Å²) in [5.41, 5.74) is 7.20. The second-order valence-electron chi connectivity index (χ2n) is 4.91. The van der Waals surface area contributed by atoms with Gasteiger partial charge in [-0.15, -0.1) is 0 Å². The number of nitrogens with two attached hydrogens (primary N) is 1. The van der Waals surface area contributed by atoms with Gasteiger partial charge in [-0.1, -0.05) is 11.6 Å². The minimum absolute atomic E-state index is 0.171. The van der Waals surface area contributed by atoms with E-state index in [1.54, 1.807) is 41.3 Å². The van der Waals surface area contributed by atoms with Gasteiger partial charge in [0.2, 0.25) is 5.91 Å². The van der Waals surface area contributed by atoms with Crippen molar-refractivity contribution in [2.75, 3.05) is 18.5 Å². The van der Waals surface area contributed by atoms with Crippen molar-refractivity contribution in [2.24, 2.45) is 11.7 Å². The molecule has 3 rings (SSSR count). The molecule has 1 amide bonds. The molecule has 2 heterocycles. The third-order valence-corrected chi connectivity index (χ3v) is 3.66. The van der Waals surface area contributed by atoms with Gasteiger partial charge in [-0.3, -0.25) is 4.79 Å². The number of benzene rings is 1. The second-order valence-corrected chi connectivity index (χ2v) is 5.35. The average Bonchev–Trinajstić information content (AvgIpc) is 3.10. The molecule has 21 heavy (non-hydrogen) atoms. The molecule has 6 nitrogen and oxygen atoms in total. The van der Waals surface area contributed by atoms with Gasteiger partial charge in [-0.2, -0.15) is 5.10 Å². The summed E-state index contributed by atoms with van der Waals surface area (Å²) in [4.78, 5) is 12.3. The molecule has 1 aliphatic heterocycles. The van der Waals surface area contributed by atoms with Gasteiger partial charge in [0.25, 0.3) is 0 Å². The summed E-state index contributed by atoms with van der Waals surface area (Å²) in [6, 6.07) is 6.77. The Morgan fingerprint density at radius 3 is 3.00 bits per heavy atom. The first kappa shape index (κ1) is 14.1. The summed E-state index contributed by atoms with van der Waals surface area (Å²) in [6.07, 6.45) is 3.46. The van der Waals surface area contributed by atoms with Crippen LogP contribution in [-0.4, -0.2) is 34.9 Å². The van der Waals surface area contributed by atoms with E-state index in [0.717, 1.165) is 5.69 Å². The van der Waals surface area contributed by atoms with E-state index < -0.39 is 0 Å². The molecule has 1 saturated heterocycles. The van der Waals surface area contributed by atoms with Gasteiger partial charge in [-0.25, -0.2) is 4.68 Å². The Hall–Kier alpha value is -1.89. The fraction of sp³-hybridized carbons (Fsp3) is 0.286. The maximum atomic E-state index is 12.3. The summed E-state index contributed by atoms with van der Waals surface area (Å²) < 4.78 is 6.89. The van der Waals surface area contributed by atoms with E-state index in [0.29, 0.717) is 23.9 Å². The van der Waals surface area contributed by atoms with Gasteiger partial charge >= 0.3 is 0 Å². The van der Waals surface area contributed by atoms with E-state index in [2.05, 4.69) is 10.4 Å². The lowest BCUT2D eigenvalue weighted by Gasteiger charge is -2.16. The van der Waals surface area contributed by atoms with Crippen LogP contribution in [0.5, 0.6) is 0 Å². The van der Waals surface area contributed by atoms with Crippen LogP contribution in [-0.2, 0) is 9.53 Å². The van der Waals surface area contributed by atoms with Crippen molar-refractivity contribution in [1.29, 1.82) is 0 Å². The van der Waals surface area contributed by atoms with Crippen LogP contribution in [0.1, 0.15) is 0 Å². The van der Waals surface area contributed by atoms with Crippen LogP contribution < -0.4 is 11.1 Å². The van der Waals surface area contributed by atoms with Crippen molar-refractivity contribution in [1.82, 2.24) is 9.78 Å². The molecule has 2 atom stereocenters. The third kappa shape index (κ3) is 2.92. The van der Waals surface area contributed by atoms with Crippen LogP contribution in [0.2, 0.25) is 5.02 Å². The van der Waals surface area contributed by atoms with Gasteiger partial charge in [0, 0.05) is 23.5 Å². The van der Waals surface area contributed by atoms with E-state index in [1.165, 1.54) is 0 Å². The molecular formula is C14H15ClN4O2. The molecule has 3 N–H and O–H groups in total. The SMILES string of the molecule is NC1COCC1C(=O)Nc1cc(Cl)ccc1-n1cccn1. The number of carbonyl (C=O) groups is 1. The maximum Gasteiger partial charge on any atom is 0.231 e. The highest BCUT2D eigenvalue weighted by Crippen LogP contribution is 2.25. The molecule has 1 aromatic heterocycles. The Morgan fingerprint density at radius 2 is 2.33 bits per heavy atom. The predicted octanol–water partition coefficient (Wildman–Crippen LogP) is 1.44. The number of hydrogen-bond donors (Lipinski definition) is 2. The van der Waals surface area contributed by atoms with Gasteiger partial charge < -0.3 is 15.8 Å². The largest absolute Gasteiger partial charge is 0.379 e. The lowest BCUT2D eigenvalue weighted by molar-refractivity contribution is -0.120. The van der Waals surface area contributed by atoms with Crippen molar-refractivity contribution in [3.8, 4) is 5.69 Å². The fourth-order valence-electron chi connectivity index (χ4n) is 2.29. The topological polar surface area (TPSA) is 82.2 Å². The van der Waals surface area contributed by atoms with Crippen molar-refractivity contribution in [2.45, 2.75) is 6.04 Å². The van der Waals surface area contributed by atoms with Crippen LogP contribution >= 0.6 is 11.6 Å². The number of aromatic nitrogens is 2. The summed E-state index contributed by atoms with van der Waals surface area (Å²) in [6.45, 7) is 0.740. The van der Waals surface area contributed by atoms with Crippen molar-refractivity contribution in [3.63, 3.8) is 0 Å². The Morgan fingerprint density at radius 1 is 1.48 bits per heavy atom. The standard InChI is InChI=1S/C14H15ClN4O2/c15-9-2-3-13(19-5-1-4-17-19)12(6-9)18-14(20)10-7-21-8-11(10)16/h1-6,10-11H,7-8,16H2,(H,18,20). The molecule has 7 heteroatoms. The van der Waals surface area contributed by atoms with Gasteiger partial charge in [0.05, 0.1) is 30.5 Å². The first-order chi connectivity index (χ1) is 10.1. The predicted molar refractivity (Wildman–Crippen MR) is 79.5 cm³/mol. The lowest BCUT2D eigenvalue weighted by Crippen LogP contribution is -2.37. The van der Waals surface area contributed by atoms with E-state index in [4.69, 9.17) is 22.1 Å². The molecule has 0 spiro atoms. The van der Waals surface area contributed by atoms with Gasteiger partial charge in [0.15, 0.2) is 0 Å². The lowest BCUT2D eigenvalue weighted by atomic mass is 10.0. The number of carbonyl (C=O) groups excluding carboxylic acids is 1. The minimum atomic E-state index is -0.352. The molecule has 0 radical (unpaired) electrons. The summed E-state index contributed by atoms with van der Waals surface area (Å²) in [5.74, 6) is -0.523. The van der Waals surface area contributed by atoms with Gasteiger partial charge in [0.1, 0.15) is 0 Å². The van der Waals surface area contributed by atoms with Crippen LogP contribution in [0.25, 0.3) is 5.69 Å². The van der Waals surface area contributed by atoms with Gasteiger partial charge in [-0.05, 0) is 24.3 Å². The first-order valence-electron chi connectivity index (χ1n) is 6.59. The molecule has 1 aliphatic rings. The Balaban J connectivity index is 1.87. The normalized spacial score (nSPS) is 21.4. The number of ether oxygens (including phenoxy) is 1. The summed E-state index contributed by atoms with van der Waals surface area (Å²) in [5, 5.41) is 7.57. The number of rotatable bonds is 3. The maximum absolute atomic E-state index is 12.3. The zero-order valence-corrected chi connectivity index (χ0v) is 12.0. The Labute approximate surface area is 126 Å². The molecule has 0 aliphatic carbocycles. The monoisotopic (exact) mass is 306 g/mol. The third-order valence-electron chi connectivity index (χ3n) is 3.43. The molecule has 1 aromatic carbocycles. The number of anilines is 1. The molecule has 110 valence electrons. The van der Waals surface area contributed by atoms with Crippen molar-refractivity contribution < 1.29 is 9.53 Å². The van der Waals surface area contributed by atoms with Crippen LogP contribution in [0, 0.1) is 5.92 Å². The highest BCUT2D eigenvalue weighted by molar-refractivity contribution is 6.31. The number of nitrogens with zero attached hydrogens (tertiary/aromatic N) is 2. The smallest absolute Gasteiger partial charge is 0.231 e. The molecule has 0 saturated carbocycles. The first-order valence-corrected chi connectivity index (χ1v) is 6.96. The Kier molecular flexibility index (Phi) is 3.92. The number of hydrogen-bond acceptors (Lipinski definition) is 4. The quantitative estimate of drug-likeness (QED) is 0.899. The number of nitrogens with one attached hydrogen (secondary N) is 1. The van der Waals surface area contributed by atoms with E-state index >= 15 is 0 Å². The van der Waals surface area contributed by atoms with Crippen LogP contribution in [0.3, 0.4) is 0 Å². The average molecular weight is 307 g/mol. The van der Waals surface area contributed by atoms with Crippen LogP contribution in [0.15, 0.2) is 36.7 Å². The molecule has 2 aromatic rings. The van der Waals surface area contributed by atoms with Crippen molar-refractivity contribution >= 4 is 23.2 Å². The molecular weight excluding hydrogens is 292 g/mol. The summed E-state index contributed by atoms with van der Waals surface area (Å²) in [7, 11) is 0. The molecule has 1 fully saturated rings. The van der Waals surface area contributed by atoms with Crippen LogP contribution in [0.4, 0.5) is 5.69 Å². The van der Waals surface area contributed by atoms with E-state index in [-0.39, 0.29) is 17.9 Å². The zero-order valence-electron chi connectivity index (χ0n) is 11.2. The minimum Gasteiger partial charge on any atom is -0.379 e. The second kappa shape index (κ2) is 5.85. The van der Waals surface area contributed by atoms with E-state index in [1.807, 2.05) is 0 Å². The number of halogens is 1. The van der Waals surface area contributed by atoms with Crippen molar-refractivity contribution in [3.05, 3.63) is 41.7 Å².